The fourth-order valence-corrected chi connectivity index (χ4v) is 2.49. The molecule has 0 heterocycles. The van der Waals surface area contributed by atoms with Crippen molar-refractivity contribution in [3.63, 3.8) is 0 Å². The Morgan fingerprint density at radius 3 is 2.08 bits per heavy atom. The van der Waals surface area contributed by atoms with E-state index in [0.717, 1.165) is 11.1 Å². The predicted molar refractivity (Wildman–Crippen MR) is 96.7 cm³/mol. The third-order valence-corrected chi connectivity index (χ3v) is 3.69. The minimum atomic E-state index is -0.138. The molecule has 2 aromatic rings. The summed E-state index contributed by atoms with van der Waals surface area (Å²) in [6, 6.07) is 17.6. The van der Waals surface area contributed by atoms with Crippen molar-refractivity contribution < 1.29 is 9.59 Å². The van der Waals surface area contributed by atoms with Crippen LogP contribution in [0.1, 0.15) is 31.1 Å². The van der Waals surface area contributed by atoms with Crippen molar-refractivity contribution in [1.29, 1.82) is 0 Å². The maximum Gasteiger partial charge on any atom is 0.254 e. The first-order valence-corrected chi connectivity index (χ1v) is 8.25. The molecule has 0 saturated carbocycles. The zero-order valence-corrected chi connectivity index (χ0v) is 14.5. The number of rotatable bonds is 6. The summed E-state index contributed by atoms with van der Waals surface area (Å²) in [5.41, 5.74) is 2.77. The lowest BCUT2D eigenvalue weighted by Crippen LogP contribution is -2.42. The quantitative estimate of drug-likeness (QED) is 0.886. The Balaban J connectivity index is 2.09. The van der Waals surface area contributed by atoms with E-state index in [1.165, 1.54) is 0 Å². The van der Waals surface area contributed by atoms with Crippen LogP contribution in [0, 0.1) is 0 Å². The second-order valence-electron chi connectivity index (χ2n) is 5.98. The van der Waals surface area contributed by atoms with E-state index in [2.05, 4.69) is 5.32 Å². The summed E-state index contributed by atoms with van der Waals surface area (Å²) in [5.74, 6) is -0.267. The van der Waals surface area contributed by atoms with Crippen LogP contribution in [0.2, 0.25) is 0 Å². The lowest BCUT2D eigenvalue weighted by molar-refractivity contribution is -0.122. The highest BCUT2D eigenvalue weighted by Crippen LogP contribution is 2.19. The minimum Gasteiger partial charge on any atom is -0.352 e. The SMILES string of the molecule is CCN(CC(=O)NC(C)C)C(=O)c1ccc(-c2ccccc2)cc1. The standard InChI is InChI=1S/C20H24N2O2/c1-4-22(14-19(23)21-15(2)3)20(24)18-12-10-17(11-13-18)16-8-6-5-7-9-16/h5-13,15H,4,14H2,1-3H3,(H,21,23). The van der Waals surface area contributed by atoms with E-state index in [1.54, 1.807) is 4.90 Å². The Hall–Kier alpha value is -2.62. The average Bonchev–Trinajstić information content (AvgIpc) is 2.59. The summed E-state index contributed by atoms with van der Waals surface area (Å²) in [6.07, 6.45) is 0. The summed E-state index contributed by atoms with van der Waals surface area (Å²) in [5, 5.41) is 2.81. The minimum absolute atomic E-state index is 0.0662. The fourth-order valence-electron chi connectivity index (χ4n) is 2.49. The van der Waals surface area contributed by atoms with Gasteiger partial charge < -0.3 is 10.2 Å². The zero-order chi connectivity index (χ0) is 17.5. The number of carbonyl (C=O) groups is 2. The molecule has 2 aromatic carbocycles. The molecule has 0 radical (unpaired) electrons. The Morgan fingerprint density at radius 1 is 0.958 bits per heavy atom. The van der Waals surface area contributed by atoms with Gasteiger partial charge in [0.2, 0.25) is 5.91 Å². The molecular formula is C20H24N2O2. The summed E-state index contributed by atoms with van der Waals surface area (Å²) in [7, 11) is 0. The number of nitrogens with zero attached hydrogens (tertiary/aromatic N) is 1. The normalized spacial score (nSPS) is 10.5. The molecule has 0 spiro atoms. The van der Waals surface area contributed by atoms with Gasteiger partial charge in [-0.05, 0) is 44.0 Å². The second-order valence-corrected chi connectivity index (χ2v) is 5.98. The van der Waals surface area contributed by atoms with Crippen molar-refractivity contribution in [3.05, 3.63) is 60.2 Å². The van der Waals surface area contributed by atoms with Crippen LogP contribution in [0.25, 0.3) is 11.1 Å². The van der Waals surface area contributed by atoms with Crippen LogP contribution >= 0.6 is 0 Å². The van der Waals surface area contributed by atoms with Crippen LogP contribution in [0.3, 0.4) is 0 Å². The van der Waals surface area contributed by atoms with Crippen LogP contribution in [-0.4, -0.2) is 35.8 Å². The monoisotopic (exact) mass is 324 g/mol. The van der Waals surface area contributed by atoms with Gasteiger partial charge in [-0.3, -0.25) is 9.59 Å². The molecule has 0 aliphatic heterocycles. The van der Waals surface area contributed by atoms with Gasteiger partial charge in [0.05, 0.1) is 6.54 Å². The molecule has 0 unspecified atom stereocenters. The molecule has 24 heavy (non-hydrogen) atoms. The molecule has 0 aliphatic carbocycles. The molecule has 2 amide bonds. The van der Waals surface area contributed by atoms with Crippen molar-refractivity contribution in [2.24, 2.45) is 0 Å². The summed E-state index contributed by atoms with van der Waals surface area (Å²) in [4.78, 5) is 26.0. The highest BCUT2D eigenvalue weighted by molar-refractivity contribution is 5.97. The van der Waals surface area contributed by atoms with Crippen LogP contribution in [-0.2, 0) is 4.79 Å². The average molecular weight is 324 g/mol. The van der Waals surface area contributed by atoms with Crippen molar-refractivity contribution >= 4 is 11.8 Å². The van der Waals surface area contributed by atoms with Crippen molar-refractivity contribution in [2.45, 2.75) is 26.8 Å². The third-order valence-electron chi connectivity index (χ3n) is 3.69. The molecule has 1 N–H and O–H groups in total. The third kappa shape index (κ3) is 4.69. The van der Waals surface area contributed by atoms with E-state index < -0.39 is 0 Å². The first-order chi connectivity index (χ1) is 11.5. The van der Waals surface area contributed by atoms with Gasteiger partial charge in [0.1, 0.15) is 0 Å². The molecule has 0 aliphatic rings. The molecule has 126 valence electrons. The Labute approximate surface area is 143 Å². The van der Waals surface area contributed by atoms with E-state index in [4.69, 9.17) is 0 Å². The highest BCUT2D eigenvalue weighted by atomic mass is 16.2. The molecule has 4 heteroatoms. The molecule has 0 atom stereocenters. The second kappa shape index (κ2) is 8.29. The molecule has 0 saturated heterocycles. The van der Waals surface area contributed by atoms with Gasteiger partial charge in [-0.25, -0.2) is 0 Å². The van der Waals surface area contributed by atoms with Crippen molar-refractivity contribution in [2.75, 3.05) is 13.1 Å². The van der Waals surface area contributed by atoms with E-state index in [0.29, 0.717) is 12.1 Å². The Morgan fingerprint density at radius 2 is 1.54 bits per heavy atom. The number of amides is 2. The molecule has 0 fully saturated rings. The van der Waals surface area contributed by atoms with Crippen LogP contribution in [0.5, 0.6) is 0 Å². The van der Waals surface area contributed by atoms with Crippen molar-refractivity contribution in [3.8, 4) is 11.1 Å². The molecule has 2 rings (SSSR count). The summed E-state index contributed by atoms with van der Waals surface area (Å²) < 4.78 is 0. The first kappa shape index (κ1) is 17.7. The number of nitrogens with one attached hydrogen (secondary N) is 1. The van der Waals surface area contributed by atoms with Gasteiger partial charge >= 0.3 is 0 Å². The number of carbonyl (C=O) groups excluding carboxylic acids is 2. The van der Waals surface area contributed by atoms with Crippen LogP contribution < -0.4 is 5.32 Å². The maximum absolute atomic E-state index is 12.6. The van der Waals surface area contributed by atoms with Gasteiger partial charge in [-0.15, -0.1) is 0 Å². The highest BCUT2D eigenvalue weighted by Gasteiger charge is 2.17. The molecule has 4 nitrogen and oxygen atoms in total. The van der Waals surface area contributed by atoms with Crippen LogP contribution in [0.15, 0.2) is 54.6 Å². The molecule has 0 aromatic heterocycles. The first-order valence-electron chi connectivity index (χ1n) is 8.25. The number of likely N-dealkylation sites (N-methyl/N-ethyl adjacent to an activating group) is 1. The van der Waals surface area contributed by atoms with E-state index in [-0.39, 0.29) is 24.4 Å². The van der Waals surface area contributed by atoms with Gasteiger partial charge in [0.15, 0.2) is 0 Å². The fraction of sp³-hybridized carbons (Fsp3) is 0.300. The lowest BCUT2D eigenvalue weighted by atomic mass is 10.0. The molecular weight excluding hydrogens is 300 g/mol. The Kier molecular flexibility index (Phi) is 6.13. The van der Waals surface area contributed by atoms with E-state index in [9.17, 15) is 9.59 Å². The van der Waals surface area contributed by atoms with Crippen molar-refractivity contribution in [1.82, 2.24) is 10.2 Å². The topological polar surface area (TPSA) is 49.4 Å². The summed E-state index contributed by atoms with van der Waals surface area (Å²) in [6.45, 7) is 6.24. The largest absolute Gasteiger partial charge is 0.352 e. The van der Waals surface area contributed by atoms with Gasteiger partial charge in [-0.2, -0.15) is 0 Å². The van der Waals surface area contributed by atoms with Gasteiger partial charge in [0, 0.05) is 18.2 Å². The van der Waals surface area contributed by atoms with Crippen LogP contribution in [0.4, 0.5) is 0 Å². The smallest absolute Gasteiger partial charge is 0.254 e. The molecule has 0 bridgehead atoms. The zero-order valence-electron chi connectivity index (χ0n) is 14.5. The Bertz CT molecular complexity index is 679. The van der Waals surface area contributed by atoms with E-state index in [1.807, 2.05) is 75.4 Å². The number of benzene rings is 2. The van der Waals surface area contributed by atoms with Gasteiger partial charge in [-0.1, -0.05) is 42.5 Å². The summed E-state index contributed by atoms with van der Waals surface area (Å²) >= 11 is 0. The lowest BCUT2D eigenvalue weighted by Gasteiger charge is -2.21. The number of hydrogen-bond acceptors (Lipinski definition) is 2. The van der Waals surface area contributed by atoms with Gasteiger partial charge in [0.25, 0.3) is 5.91 Å². The van der Waals surface area contributed by atoms with E-state index >= 15 is 0 Å². The maximum atomic E-state index is 12.6. The predicted octanol–water partition coefficient (Wildman–Crippen LogP) is 3.34. The number of hydrogen-bond donors (Lipinski definition) is 1.